The zero-order valence-electron chi connectivity index (χ0n) is 18.0. The number of carbonyl (C=O) groups excluding carboxylic acids is 1. The first-order valence-electron chi connectivity index (χ1n) is 10.4. The predicted molar refractivity (Wildman–Crippen MR) is 134 cm³/mol. The Morgan fingerprint density at radius 1 is 1.00 bits per heavy atom. The number of ether oxygens (including phenoxy) is 2. The quantitative estimate of drug-likeness (QED) is 0.299. The number of thiocarbonyl (C=S) groups is 1. The molecular weight excluding hydrogens is 457 g/mol. The lowest BCUT2D eigenvalue weighted by Gasteiger charge is -2.14. The Bertz CT molecular complexity index is 1180. The van der Waals surface area contributed by atoms with Crippen molar-refractivity contribution in [2.45, 2.75) is 13.0 Å². The molecule has 1 saturated heterocycles. The van der Waals surface area contributed by atoms with Crippen LogP contribution in [0.2, 0.25) is 0 Å². The zero-order chi connectivity index (χ0) is 23.2. The SMILES string of the molecule is COc1cc(C=C2SC(=S)N(CCc3ccccc3)C2=O)ccc1OCc1ccc(F)cc1. The van der Waals surface area contributed by atoms with Crippen LogP contribution >= 0.6 is 24.0 Å². The molecule has 0 aromatic heterocycles. The van der Waals surface area contributed by atoms with E-state index in [-0.39, 0.29) is 18.3 Å². The normalized spacial score (nSPS) is 14.7. The zero-order valence-corrected chi connectivity index (χ0v) is 19.6. The number of methoxy groups -OCH3 is 1. The topological polar surface area (TPSA) is 38.8 Å². The van der Waals surface area contributed by atoms with Gasteiger partial charge in [0, 0.05) is 6.54 Å². The highest BCUT2D eigenvalue weighted by Gasteiger charge is 2.31. The lowest BCUT2D eigenvalue weighted by molar-refractivity contribution is -0.122. The fourth-order valence-electron chi connectivity index (χ4n) is 3.36. The van der Waals surface area contributed by atoms with Crippen molar-refractivity contribution >= 4 is 40.3 Å². The lowest BCUT2D eigenvalue weighted by Crippen LogP contribution is -2.30. The van der Waals surface area contributed by atoms with Crippen molar-refractivity contribution in [3.63, 3.8) is 0 Å². The summed E-state index contributed by atoms with van der Waals surface area (Å²) in [7, 11) is 1.56. The predicted octanol–water partition coefficient (Wildman–Crippen LogP) is 5.86. The molecule has 0 radical (unpaired) electrons. The first-order valence-corrected chi connectivity index (χ1v) is 11.6. The number of halogens is 1. The molecule has 0 saturated carbocycles. The second-order valence-electron chi connectivity index (χ2n) is 7.39. The maximum atomic E-state index is 13.1. The van der Waals surface area contributed by atoms with Crippen LogP contribution in [0, 0.1) is 5.82 Å². The second-order valence-corrected chi connectivity index (χ2v) is 9.07. The van der Waals surface area contributed by atoms with Gasteiger partial charge in [0.05, 0.1) is 12.0 Å². The van der Waals surface area contributed by atoms with Crippen molar-refractivity contribution in [2.24, 2.45) is 0 Å². The van der Waals surface area contributed by atoms with Crippen molar-refractivity contribution < 1.29 is 18.7 Å². The van der Waals surface area contributed by atoms with Crippen LogP contribution in [0.4, 0.5) is 4.39 Å². The Morgan fingerprint density at radius 2 is 1.76 bits per heavy atom. The summed E-state index contributed by atoms with van der Waals surface area (Å²) in [6.07, 6.45) is 2.56. The second kappa shape index (κ2) is 10.6. The third-order valence-corrected chi connectivity index (χ3v) is 6.51. The number of amides is 1. The third kappa shape index (κ3) is 5.80. The van der Waals surface area contributed by atoms with E-state index in [0.717, 1.165) is 23.1 Å². The molecule has 0 unspecified atom stereocenters. The molecule has 1 aliphatic rings. The van der Waals surface area contributed by atoms with Gasteiger partial charge >= 0.3 is 0 Å². The smallest absolute Gasteiger partial charge is 0.266 e. The molecule has 0 N–H and O–H groups in total. The highest BCUT2D eigenvalue weighted by molar-refractivity contribution is 8.26. The van der Waals surface area contributed by atoms with Crippen molar-refractivity contribution in [3.8, 4) is 11.5 Å². The summed E-state index contributed by atoms with van der Waals surface area (Å²) in [6, 6.07) is 21.6. The van der Waals surface area contributed by atoms with E-state index in [4.69, 9.17) is 21.7 Å². The average Bonchev–Trinajstić information content (AvgIpc) is 3.10. The fraction of sp³-hybridized carbons (Fsp3) is 0.154. The van der Waals surface area contributed by atoms with E-state index >= 15 is 0 Å². The monoisotopic (exact) mass is 479 g/mol. The minimum atomic E-state index is -0.286. The number of hydrogen-bond donors (Lipinski definition) is 0. The van der Waals surface area contributed by atoms with Gasteiger partial charge in [0.15, 0.2) is 11.5 Å². The Balaban J connectivity index is 1.43. The maximum absolute atomic E-state index is 13.1. The Morgan fingerprint density at radius 3 is 2.48 bits per heavy atom. The first kappa shape index (κ1) is 23.0. The van der Waals surface area contributed by atoms with Crippen LogP contribution < -0.4 is 9.47 Å². The van der Waals surface area contributed by atoms with E-state index in [1.54, 1.807) is 30.2 Å². The van der Waals surface area contributed by atoms with Gasteiger partial charge in [0.1, 0.15) is 16.7 Å². The first-order chi connectivity index (χ1) is 16.0. The van der Waals surface area contributed by atoms with Crippen LogP contribution in [0.25, 0.3) is 6.08 Å². The third-order valence-electron chi connectivity index (χ3n) is 5.13. The molecule has 3 aromatic carbocycles. The number of nitrogens with zero attached hydrogens (tertiary/aromatic N) is 1. The van der Waals surface area contributed by atoms with Gasteiger partial charge in [-0.1, -0.05) is 72.5 Å². The molecule has 0 spiro atoms. The van der Waals surface area contributed by atoms with Crippen LogP contribution in [-0.2, 0) is 17.8 Å². The molecule has 7 heteroatoms. The summed E-state index contributed by atoms with van der Waals surface area (Å²) < 4.78 is 24.9. The molecule has 168 valence electrons. The van der Waals surface area contributed by atoms with Gasteiger partial charge in [-0.2, -0.15) is 0 Å². The Kier molecular flexibility index (Phi) is 7.42. The maximum Gasteiger partial charge on any atom is 0.266 e. The molecule has 0 bridgehead atoms. The summed E-state index contributed by atoms with van der Waals surface area (Å²) in [6.45, 7) is 0.835. The summed E-state index contributed by atoms with van der Waals surface area (Å²) in [5.74, 6) is 0.738. The van der Waals surface area contributed by atoms with Gasteiger partial charge in [-0.25, -0.2) is 4.39 Å². The molecule has 4 nitrogen and oxygen atoms in total. The number of hydrogen-bond acceptors (Lipinski definition) is 5. The molecule has 33 heavy (non-hydrogen) atoms. The number of thioether (sulfide) groups is 1. The number of benzene rings is 3. The molecule has 4 rings (SSSR count). The highest BCUT2D eigenvalue weighted by Crippen LogP contribution is 2.35. The summed E-state index contributed by atoms with van der Waals surface area (Å²) >= 11 is 6.75. The molecule has 0 atom stereocenters. The van der Waals surface area contributed by atoms with Crippen LogP contribution in [0.3, 0.4) is 0 Å². The minimum Gasteiger partial charge on any atom is -0.493 e. The van der Waals surface area contributed by atoms with Crippen LogP contribution in [-0.4, -0.2) is 28.8 Å². The summed E-state index contributed by atoms with van der Waals surface area (Å²) in [5, 5.41) is 0. The molecule has 1 aliphatic heterocycles. The van der Waals surface area contributed by atoms with Crippen LogP contribution in [0.15, 0.2) is 77.7 Å². The molecule has 1 fully saturated rings. The van der Waals surface area contributed by atoms with E-state index in [1.807, 2.05) is 48.5 Å². The standard InChI is InChI=1S/C26H22FNO3S2/c1-30-23-15-20(9-12-22(23)31-17-19-7-10-21(27)11-8-19)16-24-25(29)28(26(32)33-24)14-13-18-5-3-2-4-6-18/h2-12,15-16H,13-14,17H2,1H3. The van der Waals surface area contributed by atoms with Gasteiger partial charge in [-0.05, 0) is 53.5 Å². The van der Waals surface area contributed by atoms with E-state index in [1.165, 1.54) is 23.9 Å². The highest BCUT2D eigenvalue weighted by atomic mass is 32.2. The van der Waals surface area contributed by atoms with Gasteiger partial charge in [-0.15, -0.1) is 0 Å². The van der Waals surface area contributed by atoms with Crippen molar-refractivity contribution in [1.29, 1.82) is 0 Å². The Hall–Kier alpha value is -3.16. The Labute approximate surface area is 202 Å². The lowest BCUT2D eigenvalue weighted by atomic mass is 10.1. The summed E-state index contributed by atoms with van der Waals surface area (Å²) in [5.41, 5.74) is 2.82. The van der Waals surface area contributed by atoms with Gasteiger partial charge < -0.3 is 9.47 Å². The van der Waals surface area contributed by atoms with Crippen LogP contribution in [0.1, 0.15) is 16.7 Å². The van der Waals surface area contributed by atoms with Crippen molar-refractivity contribution in [3.05, 3.63) is 100 Å². The van der Waals surface area contributed by atoms with Crippen molar-refractivity contribution in [1.82, 2.24) is 4.90 Å². The fourth-order valence-corrected chi connectivity index (χ4v) is 4.67. The molecular formula is C26H22FNO3S2. The molecule has 1 heterocycles. The van der Waals surface area contributed by atoms with Crippen molar-refractivity contribution in [2.75, 3.05) is 13.7 Å². The van der Waals surface area contributed by atoms with E-state index in [2.05, 4.69) is 0 Å². The summed E-state index contributed by atoms with van der Waals surface area (Å²) in [4.78, 5) is 15.1. The van der Waals surface area contributed by atoms with Crippen LogP contribution in [0.5, 0.6) is 11.5 Å². The van der Waals surface area contributed by atoms with Gasteiger partial charge in [0.2, 0.25) is 0 Å². The largest absolute Gasteiger partial charge is 0.493 e. The molecule has 3 aromatic rings. The minimum absolute atomic E-state index is 0.0865. The van der Waals surface area contributed by atoms with Gasteiger partial charge in [0.25, 0.3) is 5.91 Å². The van der Waals surface area contributed by atoms with Gasteiger partial charge in [-0.3, -0.25) is 9.69 Å². The van der Waals surface area contributed by atoms with E-state index in [9.17, 15) is 9.18 Å². The molecule has 0 aliphatic carbocycles. The molecule has 1 amide bonds. The number of rotatable bonds is 8. The number of carbonyl (C=O) groups is 1. The van der Waals surface area contributed by atoms with E-state index in [0.29, 0.717) is 27.3 Å². The average molecular weight is 480 g/mol. The van der Waals surface area contributed by atoms with E-state index < -0.39 is 0 Å².